The van der Waals surface area contributed by atoms with E-state index in [1.165, 1.54) is 0 Å². The predicted octanol–water partition coefficient (Wildman–Crippen LogP) is 1.43. The summed E-state index contributed by atoms with van der Waals surface area (Å²) in [5, 5.41) is -1.09. The zero-order chi connectivity index (χ0) is 12.9. The molecule has 6 heteroatoms. The fourth-order valence-corrected chi connectivity index (χ4v) is 3.24. The number of rotatable bonds is 5. The molecule has 2 atom stereocenters. The lowest BCUT2D eigenvalue weighted by molar-refractivity contribution is -0.149. The van der Waals surface area contributed by atoms with Crippen LogP contribution in [-0.2, 0) is 19.6 Å². The monoisotopic (exact) mass is 263 g/mol. The van der Waals surface area contributed by atoms with Crippen LogP contribution in [0, 0.1) is 5.92 Å². The van der Waals surface area contributed by atoms with E-state index < -0.39 is 27.3 Å². The van der Waals surface area contributed by atoms with E-state index in [4.69, 9.17) is 4.74 Å². The number of esters is 1. The molecule has 0 bridgehead atoms. The van der Waals surface area contributed by atoms with Crippen molar-refractivity contribution in [1.29, 1.82) is 0 Å². The van der Waals surface area contributed by atoms with Gasteiger partial charge in [0.1, 0.15) is 0 Å². The maximum Gasteiger partial charge on any atom is 0.310 e. The van der Waals surface area contributed by atoms with E-state index in [1.54, 1.807) is 0 Å². The maximum atomic E-state index is 11.7. The Kier molecular flexibility index (Phi) is 5.39. The molecule has 1 rings (SSSR count). The van der Waals surface area contributed by atoms with Crippen LogP contribution in [0.25, 0.3) is 0 Å². The second-order valence-corrected chi connectivity index (χ2v) is 6.03. The summed E-state index contributed by atoms with van der Waals surface area (Å²) in [6, 6.07) is 0. The first-order chi connectivity index (χ1) is 7.96. The summed E-state index contributed by atoms with van der Waals surface area (Å²) in [7, 11) is -4.40. The van der Waals surface area contributed by atoms with Crippen LogP contribution in [0.2, 0.25) is 0 Å². The third-order valence-electron chi connectivity index (χ3n) is 3.12. The number of unbranched alkanes of at least 4 members (excludes halogenated alkanes) is 1. The van der Waals surface area contributed by atoms with Gasteiger partial charge in [0.2, 0.25) is 0 Å². The van der Waals surface area contributed by atoms with Crippen LogP contribution >= 0.6 is 0 Å². The van der Waals surface area contributed by atoms with Gasteiger partial charge in [-0.25, -0.2) is 8.42 Å². The topological polar surface area (TPSA) is 83.5 Å². The molecule has 0 N–H and O–H groups in total. The summed E-state index contributed by atoms with van der Waals surface area (Å²) in [6.45, 7) is 2.27. The standard InChI is InChI=1S/C11H20O5S/c1-2-3-8-16-11(12)9-6-4-5-7-10(9)17(13,14)15/h9-10H,2-8H2,1H3,(H,13,14,15)/p-1. The Morgan fingerprint density at radius 3 is 2.59 bits per heavy atom. The number of ether oxygens (including phenoxy) is 1. The van der Waals surface area contributed by atoms with Crippen molar-refractivity contribution in [2.24, 2.45) is 5.92 Å². The van der Waals surface area contributed by atoms with Gasteiger partial charge in [-0.15, -0.1) is 0 Å². The van der Waals surface area contributed by atoms with Crippen LogP contribution in [0.15, 0.2) is 0 Å². The van der Waals surface area contributed by atoms with Gasteiger partial charge in [-0.3, -0.25) is 4.79 Å². The average molecular weight is 263 g/mol. The molecule has 0 amide bonds. The molecule has 0 spiro atoms. The second kappa shape index (κ2) is 6.35. The summed E-state index contributed by atoms with van der Waals surface area (Å²) < 4.78 is 38.2. The summed E-state index contributed by atoms with van der Waals surface area (Å²) in [4.78, 5) is 11.7. The molecule has 1 fully saturated rings. The maximum absolute atomic E-state index is 11.7. The molecule has 5 nitrogen and oxygen atoms in total. The molecular formula is C11H19O5S-. The summed E-state index contributed by atoms with van der Waals surface area (Å²) in [6.07, 6.45) is 3.84. The zero-order valence-electron chi connectivity index (χ0n) is 10.1. The lowest BCUT2D eigenvalue weighted by Crippen LogP contribution is -2.38. The average Bonchev–Trinajstić information content (AvgIpc) is 2.28. The van der Waals surface area contributed by atoms with Crippen LogP contribution in [0.1, 0.15) is 45.4 Å². The SMILES string of the molecule is CCCCOC(=O)C1CCCCC1S(=O)(=O)[O-]. The van der Waals surface area contributed by atoms with Crippen molar-refractivity contribution in [2.75, 3.05) is 6.61 Å². The highest BCUT2D eigenvalue weighted by Gasteiger charge is 2.36. The minimum absolute atomic E-state index is 0.277. The van der Waals surface area contributed by atoms with E-state index in [9.17, 15) is 17.8 Å². The Bertz CT molecular complexity index is 349. The Morgan fingerprint density at radius 2 is 2.00 bits per heavy atom. The van der Waals surface area contributed by atoms with E-state index in [2.05, 4.69) is 0 Å². The van der Waals surface area contributed by atoms with Crippen LogP contribution in [0.4, 0.5) is 0 Å². The smallest absolute Gasteiger partial charge is 0.310 e. The van der Waals surface area contributed by atoms with Gasteiger partial charge in [0.15, 0.2) is 0 Å². The van der Waals surface area contributed by atoms with Gasteiger partial charge in [0.25, 0.3) is 0 Å². The highest BCUT2D eigenvalue weighted by molar-refractivity contribution is 7.86. The van der Waals surface area contributed by atoms with Crippen molar-refractivity contribution in [1.82, 2.24) is 0 Å². The molecule has 0 aromatic rings. The number of hydrogen-bond acceptors (Lipinski definition) is 5. The van der Waals surface area contributed by atoms with Gasteiger partial charge in [-0.1, -0.05) is 26.2 Å². The Labute approximate surface area is 102 Å². The molecule has 0 radical (unpaired) electrons. The molecule has 17 heavy (non-hydrogen) atoms. The molecule has 1 aliphatic carbocycles. The van der Waals surface area contributed by atoms with Gasteiger partial charge in [-0.2, -0.15) is 0 Å². The van der Waals surface area contributed by atoms with Crippen LogP contribution in [0.3, 0.4) is 0 Å². The molecule has 0 aliphatic heterocycles. The minimum Gasteiger partial charge on any atom is -0.748 e. The Balaban J connectivity index is 2.62. The van der Waals surface area contributed by atoms with Crippen LogP contribution < -0.4 is 0 Å². The van der Waals surface area contributed by atoms with Crippen LogP contribution in [-0.4, -0.2) is 30.8 Å². The summed E-state index contributed by atoms with van der Waals surface area (Å²) >= 11 is 0. The molecule has 0 aromatic carbocycles. The van der Waals surface area contributed by atoms with E-state index in [0.717, 1.165) is 19.3 Å². The van der Waals surface area contributed by atoms with Crippen LogP contribution in [0.5, 0.6) is 0 Å². The van der Waals surface area contributed by atoms with Gasteiger partial charge in [0, 0.05) is 0 Å². The number of carbonyl (C=O) groups is 1. The molecule has 0 aromatic heterocycles. The van der Waals surface area contributed by atoms with Crippen molar-refractivity contribution in [3.63, 3.8) is 0 Å². The Hall–Kier alpha value is -0.620. The van der Waals surface area contributed by atoms with Crippen molar-refractivity contribution in [3.05, 3.63) is 0 Å². The first-order valence-electron chi connectivity index (χ1n) is 6.08. The number of carbonyl (C=O) groups excluding carboxylic acids is 1. The normalized spacial score (nSPS) is 25.5. The second-order valence-electron chi connectivity index (χ2n) is 4.44. The molecule has 0 heterocycles. The third kappa shape index (κ3) is 4.27. The predicted molar refractivity (Wildman–Crippen MR) is 61.3 cm³/mol. The van der Waals surface area contributed by atoms with Gasteiger partial charge < -0.3 is 9.29 Å². The summed E-state index contributed by atoms with van der Waals surface area (Å²) in [5.41, 5.74) is 0. The van der Waals surface area contributed by atoms with E-state index >= 15 is 0 Å². The molecule has 1 aliphatic rings. The lowest BCUT2D eigenvalue weighted by Gasteiger charge is -2.31. The highest BCUT2D eigenvalue weighted by Crippen LogP contribution is 2.30. The van der Waals surface area contributed by atoms with Crippen molar-refractivity contribution >= 4 is 16.1 Å². The molecule has 100 valence electrons. The molecule has 1 saturated carbocycles. The highest BCUT2D eigenvalue weighted by atomic mass is 32.2. The molecule has 2 unspecified atom stereocenters. The molecule has 0 saturated heterocycles. The van der Waals surface area contributed by atoms with Gasteiger partial charge >= 0.3 is 5.97 Å². The quantitative estimate of drug-likeness (QED) is 0.425. The third-order valence-corrected chi connectivity index (χ3v) is 4.42. The fraction of sp³-hybridized carbons (Fsp3) is 0.909. The van der Waals surface area contributed by atoms with E-state index in [0.29, 0.717) is 19.4 Å². The Morgan fingerprint density at radius 1 is 1.35 bits per heavy atom. The lowest BCUT2D eigenvalue weighted by atomic mass is 9.89. The van der Waals surface area contributed by atoms with E-state index in [1.807, 2.05) is 6.92 Å². The first-order valence-corrected chi connectivity index (χ1v) is 7.55. The molecular weight excluding hydrogens is 244 g/mol. The van der Waals surface area contributed by atoms with Gasteiger partial charge in [0.05, 0.1) is 27.9 Å². The first kappa shape index (κ1) is 14.4. The van der Waals surface area contributed by atoms with E-state index in [-0.39, 0.29) is 6.42 Å². The largest absolute Gasteiger partial charge is 0.748 e. The van der Waals surface area contributed by atoms with Crippen molar-refractivity contribution < 1.29 is 22.5 Å². The van der Waals surface area contributed by atoms with Crippen molar-refractivity contribution in [3.8, 4) is 0 Å². The number of hydrogen-bond donors (Lipinski definition) is 0. The zero-order valence-corrected chi connectivity index (χ0v) is 10.9. The van der Waals surface area contributed by atoms with Crippen molar-refractivity contribution in [2.45, 2.75) is 50.7 Å². The summed E-state index contributed by atoms with van der Waals surface area (Å²) in [5.74, 6) is -1.29. The minimum atomic E-state index is -4.40. The van der Waals surface area contributed by atoms with Gasteiger partial charge in [-0.05, 0) is 19.3 Å². The fourth-order valence-electron chi connectivity index (χ4n) is 2.14.